The van der Waals surface area contributed by atoms with Gasteiger partial charge in [-0.1, -0.05) is 23.8 Å². The Kier molecular flexibility index (Phi) is 5.58. The third-order valence-electron chi connectivity index (χ3n) is 3.59. The number of carbonyl (C=O) groups is 2. The molecule has 0 aliphatic heterocycles. The highest BCUT2D eigenvalue weighted by Gasteiger charge is 2.20. The van der Waals surface area contributed by atoms with Gasteiger partial charge in [-0.2, -0.15) is 0 Å². The lowest BCUT2D eigenvalue weighted by Crippen LogP contribution is -2.30. The summed E-state index contributed by atoms with van der Waals surface area (Å²) in [4.78, 5) is 24.4. The first kappa shape index (κ1) is 17.5. The molecule has 126 valence electrons. The molecule has 0 saturated heterocycles. The number of amides is 1. The zero-order valence-electron chi connectivity index (χ0n) is 14.3. The van der Waals surface area contributed by atoms with Gasteiger partial charge >= 0.3 is 5.97 Å². The predicted molar refractivity (Wildman–Crippen MR) is 92.4 cm³/mol. The van der Waals surface area contributed by atoms with Gasteiger partial charge < -0.3 is 14.8 Å². The zero-order valence-corrected chi connectivity index (χ0v) is 14.3. The molecular formula is C19H21NO4. The molecule has 0 saturated carbocycles. The van der Waals surface area contributed by atoms with E-state index in [4.69, 9.17) is 9.47 Å². The van der Waals surface area contributed by atoms with E-state index in [1.54, 1.807) is 37.4 Å². The topological polar surface area (TPSA) is 64.6 Å². The molecule has 0 aromatic heterocycles. The molecular weight excluding hydrogens is 306 g/mol. The summed E-state index contributed by atoms with van der Waals surface area (Å²) in [5.41, 5.74) is 2.92. The van der Waals surface area contributed by atoms with Crippen LogP contribution in [-0.2, 0) is 9.53 Å². The maximum absolute atomic E-state index is 12.2. The monoisotopic (exact) mass is 327 g/mol. The molecule has 2 aromatic rings. The van der Waals surface area contributed by atoms with Gasteiger partial charge in [0.2, 0.25) is 0 Å². The van der Waals surface area contributed by atoms with Gasteiger partial charge in [0.15, 0.2) is 6.10 Å². The fourth-order valence-electron chi connectivity index (χ4n) is 2.26. The number of ether oxygens (including phenoxy) is 2. The summed E-state index contributed by atoms with van der Waals surface area (Å²) in [6.07, 6.45) is -0.913. The van der Waals surface area contributed by atoms with E-state index in [1.165, 1.54) is 6.92 Å². The minimum atomic E-state index is -0.913. The summed E-state index contributed by atoms with van der Waals surface area (Å²) in [6.45, 7) is 5.33. The summed E-state index contributed by atoms with van der Waals surface area (Å²) in [6, 6.07) is 12.4. The van der Waals surface area contributed by atoms with E-state index in [9.17, 15) is 9.59 Å². The van der Waals surface area contributed by atoms with Crippen molar-refractivity contribution in [2.24, 2.45) is 0 Å². The Hall–Kier alpha value is -2.82. The fraction of sp³-hybridized carbons (Fsp3) is 0.263. The van der Waals surface area contributed by atoms with Gasteiger partial charge in [-0.05, 0) is 44.5 Å². The van der Waals surface area contributed by atoms with Gasteiger partial charge in [-0.25, -0.2) is 4.79 Å². The molecule has 5 nitrogen and oxygen atoms in total. The molecule has 0 fully saturated rings. The molecule has 24 heavy (non-hydrogen) atoms. The number of anilines is 1. The standard InChI is InChI=1S/C19H21NO4/c1-12-8-9-17(13(2)10-12)19(22)24-14(3)18(21)20-15-6-5-7-16(11-15)23-4/h5-11,14H,1-4H3,(H,20,21)/t14-/m0/s1. The summed E-state index contributed by atoms with van der Waals surface area (Å²) >= 11 is 0. The maximum Gasteiger partial charge on any atom is 0.339 e. The van der Waals surface area contributed by atoms with Gasteiger partial charge in [0.25, 0.3) is 5.91 Å². The Morgan fingerprint density at radius 1 is 1.08 bits per heavy atom. The Morgan fingerprint density at radius 3 is 2.50 bits per heavy atom. The molecule has 0 radical (unpaired) electrons. The van der Waals surface area contributed by atoms with Crippen LogP contribution in [0.2, 0.25) is 0 Å². The largest absolute Gasteiger partial charge is 0.497 e. The number of esters is 1. The minimum Gasteiger partial charge on any atom is -0.497 e. The Labute approximate surface area is 141 Å². The van der Waals surface area contributed by atoms with Crippen molar-refractivity contribution in [1.29, 1.82) is 0 Å². The van der Waals surface area contributed by atoms with Crippen LogP contribution in [0.5, 0.6) is 5.75 Å². The number of hydrogen-bond acceptors (Lipinski definition) is 4. The molecule has 0 bridgehead atoms. The Bertz CT molecular complexity index is 755. The second-order valence-corrected chi connectivity index (χ2v) is 5.59. The third-order valence-corrected chi connectivity index (χ3v) is 3.59. The van der Waals surface area contributed by atoms with Crippen LogP contribution in [0.1, 0.15) is 28.4 Å². The van der Waals surface area contributed by atoms with E-state index in [2.05, 4.69) is 5.32 Å². The van der Waals surface area contributed by atoms with Crippen molar-refractivity contribution in [3.05, 3.63) is 59.2 Å². The van der Waals surface area contributed by atoms with E-state index >= 15 is 0 Å². The van der Waals surface area contributed by atoms with Crippen LogP contribution in [0.3, 0.4) is 0 Å². The molecule has 2 aromatic carbocycles. The highest BCUT2D eigenvalue weighted by molar-refractivity contribution is 5.97. The maximum atomic E-state index is 12.2. The zero-order chi connectivity index (χ0) is 17.7. The van der Waals surface area contributed by atoms with E-state index in [0.717, 1.165) is 11.1 Å². The average molecular weight is 327 g/mol. The lowest BCUT2D eigenvalue weighted by Gasteiger charge is -2.15. The van der Waals surface area contributed by atoms with Crippen LogP contribution >= 0.6 is 0 Å². The molecule has 5 heteroatoms. The van der Waals surface area contributed by atoms with Crippen LogP contribution in [-0.4, -0.2) is 25.1 Å². The van der Waals surface area contributed by atoms with Crippen LogP contribution < -0.4 is 10.1 Å². The van der Waals surface area contributed by atoms with Crippen LogP contribution in [0, 0.1) is 13.8 Å². The molecule has 0 aliphatic carbocycles. The Balaban J connectivity index is 2.01. The van der Waals surface area contributed by atoms with Gasteiger partial charge in [0, 0.05) is 11.8 Å². The van der Waals surface area contributed by atoms with Crippen molar-refractivity contribution in [3.63, 3.8) is 0 Å². The summed E-state index contributed by atoms with van der Waals surface area (Å²) < 4.78 is 10.4. The number of carbonyl (C=O) groups excluding carboxylic acids is 2. The third kappa shape index (κ3) is 4.35. The first-order chi connectivity index (χ1) is 11.4. The minimum absolute atomic E-state index is 0.402. The molecule has 1 N–H and O–H groups in total. The first-order valence-electron chi connectivity index (χ1n) is 7.64. The summed E-state index contributed by atoms with van der Waals surface area (Å²) in [7, 11) is 1.55. The van der Waals surface area contributed by atoms with Gasteiger partial charge in [-0.15, -0.1) is 0 Å². The first-order valence-corrected chi connectivity index (χ1v) is 7.64. The van der Waals surface area contributed by atoms with E-state index in [-0.39, 0.29) is 0 Å². The van der Waals surface area contributed by atoms with E-state index in [0.29, 0.717) is 17.0 Å². The van der Waals surface area contributed by atoms with Gasteiger partial charge in [-0.3, -0.25) is 4.79 Å². The molecule has 0 aliphatic rings. The summed E-state index contributed by atoms with van der Waals surface area (Å²) in [5.74, 6) is -0.283. The molecule has 0 spiro atoms. The smallest absolute Gasteiger partial charge is 0.339 e. The second-order valence-electron chi connectivity index (χ2n) is 5.59. The number of methoxy groups -OCH3 is 1. The van der Waals surface area contributed by atoms with E-state index in [1.807, 2.05) is 26.0 Å². The highest BCUT2D eigenvalue weighted by Crippen LogP contribution is 2.17. The average Bonchev–Trinajstić information content (AvgIpc) is 2.54. The lowest BCUT2D eigenvalue weighted by molar-refractivity contribution is -0.123. The van der Waals surface area contributed by atoms with Gasteiger partial charge in [0.1, 0.15) is 5.75 Å². The highest BCUT2D eigenvalue weighted by atomic mass is 16.5. The van der Waals surface area contributed by atoms with Crippen molar-refractivity contribution in [2.45, 2.75) is 26.9 Å². The number of rotatable bonds is 5. The molecule has 0 unspecified atom stereocenters. The molecule has 2 rings (SSSR count). The van der Waals surface area contributed by atoms with Crippen molar-refractivity contribution in [1.82, 2.24) is 0 Å². The van der Waals surface area contributed by atoms with Crippen molar-refractivity contribution >= 4 is 17.6 Å². The molecule has 1 atom stereocenters. The normalized spacial score (nSPS) is 11.5. The second kappa shape index (κ2) is 7.64. The van der Waals surface area contributed by atoms with Crippen molar-refractivity contribution in [3.8, 4) is 5.75 Å². The van der Waals surface area contributed by atoms with Crippen molar-refractivity contribution < 1.29 is 19.1 Å². The fourth-order valence-corrected chi connectivity index (χ4v) is 2.26. The van der Waals surface area contributed by atoms with E-state index < -0.39 is 18.0 Å². The lowest BCUT2D eigenvalue weighted by atomic mass is 10.1. The van der Waals surface area contributed by atoms with Crippen molar-refractivity contribution in [2.75, 3.05) is 12.4 Å². The van der Waals surface area contributed by atoms with Crippen LogP contribution in [0.15, 0.2) is 42.5 Å². The van der Waals surface area contributed by atoms with Crippen LogP contribution in [0.25, 0.3) is 0 Å². The Morgan fingerprint density at radius 2 is 1.83 bits per heavy atom. The number of nitrogens with one attached hydrogen (secondary N) is 1. The summed E-state index contributed by atoms with van der Waals surface area (Å²) in [5, 5.41) is 2.70. The number of aryl methyl sites for hydroxylation is 2. The molecule has 0 heterocycles. The quantitative estimate of drug-likeness (QED) is 0.854. The molecule has 1 amide bonds. The predicted octanol–water partition coefficient (Wildman–Crippen LogP) is 3.50. The van der Waals surface area contributed by atoms with Crippen LogP contribution in [0.4, 0.5) is 5.69 Å². The van der Waals surface area contributed by atoms with Gasteiger partial charge in [0.05, 0.1) is 12.7 Å². The number of hydrogen-bond donors (Lipinski definition) is 1. The SMILES string of the molecule is COc1cccc(NC(=O)[C@H](C)OC(=O)c2ccc(C)cc2C)c1. The number of benzene rings is 2.